The number of aromatic nitrogens is 3. The van der Waals surface area contributed by atoms with E-state index in [4.69, 9.17) is 9.72 Å². The molecule has 0 unspecified atom stereocenters. The third-order valence-corrected chi connectivity index (χ3v) is 5.25. The first kappa shape index (κ1) is 18.4. The molecule has 0 aliphatic heterocycles. The lowest BCUT2D eigenvalue weighted by Crippen LogP contribution is -1.99. The Morgan fingerprint density at radius 2 is 2.07 bits per heavy atom. The summed E-state index contributed by atoms with van der Waals surface area (Å²) < 4.78 is 7.42. The molecule has 0 saturated heterocycles. The van der Waals surface area contributed by atoms with E-state index in [9.17, 15) is 0 Å². The Morgan fingerprint density at radius 3 is 2.79 bits per heavy atom. The molecule has 0 atom stereocenters. The van der Waals surface area contributed by atoms with E-state index in [-0.39, 0.29) is 0 Å². The van der Waals surface area contributed by atoms with Crippen LogP contribution in [0.15, 0.2) is 61.1 Å². The molecule has 3 aromatic heterocycles. The number of anilines is 2. The minimum Gasteiger partial charge on any atom is -0.497 e. The lowest BCUT2D eigenvalue weighted by atomic mass is 10.1. The maximum Gasteiger partial charge on any atom is 0.143 e. The van der Waals surface area contributed by atoms with Gasteiger partial charge in [0.25, 0.3) is 0 Å². The normalized spacial score (nSPS) is 11.0. The summed E-state index contributed by atoms with van der Waals surface area (Å²) in [6, 6.07) is 14.3. The molecule has 1 aromatic carbocycles. The van der Waals surface area contributed by atoms with Gasteiger partial charge in [-0.25, -0.2) is 4.98 Å². The molecule has 0 aliphatic carbocycles. The Kier molecular flexibility index (Phi) is 5.21. The zero-order valence-corrected chi connectivity index (χ0v) is 17.0. The van der Waals surface area contributed by atoms with E-state index in [1.54, 1.807) is 25.1 Å². The van der Waals surface area contributed by atoms with Crippen LogP contribution in [-0.2, 0) is 5.75 Å². The summed E-state index contributed by atoms with van der Waals surface area (Å²) in [6.07, 6.45) is 7.80. The van der Waals surface area contributed by atoms with Gasteiger partial charge in [0.15, 0.2) is 0 Å². The fourth-order valence-electron chi connectivity index (χ4n) is 3.20. The van der Waals surface area contributed by atoms with E-state index >= 15 is 0 Å². The van der Waals surface area contributed by atoms with Crippen molar-refractivity contribution in [3.05, 3.63) is 72.2 Å². The van der Waals surface area contributed by atoms with Crippen molar-refractivity contribution >= 4 is 28.9 Å². The van der Waals surface area contributed by atoms with Gasteiger partial charge in [-0.05, 0) is 66.8 Å². The van der Waals surface area contributed by atoms with Crippen LogP contribution in [0.2, 0.25) is 0 Å². The highest BCUT2D eigenvalue weighted by molar-refractivity contribution is 7.97. The summed E-state index contributed by atoms with van der Waals surface area (Å²) in [6.45, 7) is 2.06. The average molecular weight is 391 g/mol. The van der Waals surface area contributed by atoms with Gasteiger partial charge in [0.1, 0.15) is 22.9 Å². The molecule has 6 heteroatoms. The third-order valence-electron chi connectivity index (χ3n) is 4.62. The number of benzene rings is 1. The molecule has 0 bridgehead atoms. The molecule has 28 heavy (non-hydrogen) atoms. The van der Waals surface area contributed by atoms with Crippen molar-refractivity contribution in [3.63, 3.8) is 0 Å². The highest BCUT2D eigenvalue weighted by Gasteiger charge is 2.16. The molecule has 0 amide bonds. The second kappa shape index (κ2) is 7.94. The van der Waals surface area contributed by atoms with Crippen molar-refractivity contribution in [2.24, 2.45) is 0 Å². The molecule has 4 aromatic rings. The molecule has 0 fully saturated rings. The lowest BCUT2D eigenvalue weighted by Gasteiger charge is -2.12. The first-order valence-electron chi connectivity index (χ1n) is 9.01. The van der Waals surface area contributed by atoms with Gasteiger partial charge in [-0.1, -0.05) is 0 Å². The van der Waals surface area contributed by atoms with E-state index in [0.717, 1.165) is 45.5 Å². The zero-order valence-electron chi connectivity index (χ0n) is 16.1. The summed E-state index contributed by atoms with van der Waals surface area (Å²) in [5.74, 6) is 2.73. The number of ether oxygens (including phenoxy) is 1. The monoisotopic (exact) mass is 390 g/mol. The zero-order chi connectivity index (χ0) is 19.5. The first-order valence-corrected chi connectivity index (χ1v) is 10.4. The van der Waals surface area contributed by atoms with Gasteiger partial charge in [-0.15, -0.1) is 0 Å². The molecule has 0 aliphatic rings. The predicted molar refractivity (Wildman–Crippen MR) is 117 cm³/mol. The Balaban J connectivity index is 1.85. The molecule has 3 heterocycles. The standard InChI is InChI=1S/C22H22N4OS/c1-15-11-18(27-2)6-7-19(15)24-22-21(17-5-4-9-23-13-17)25-20-12-16(14-28-3)8-10-26(20)22/h4-13,24H,14H2,1-3H3. The lowest BCUT2D eigenvalue weighted by molar-refractivity contribution is 0.414. The average Bonchev–Trinajstić information content (AvgIpc) is 3.08. The molecule has 0 saturated carbocycles. The van der Waals surface area contributed by atoms with Gasteiger partial charge >= 0.3 is 0 Å². The van der Waals surface area contributed by atoms with Gasteiger partial charge in [-0.3, -0.25) is 9.38 Å². The van der Waals surface area contributed by atoms with Crippen LogP contribution in [0.25, 0.3) is 16.9 Å². The van der Waals surface area contributed by atoms with Crippen LogP contribution in [0.5, 0.6) is 5.75 Å². The van der Waals surface area contributed by atoms with E-state index in [1.807, 2.05) is 36.5 Å². The fraction of sp³-hybridized carbons (Fsp3) is 0.182. The van der Waals surface area contributed by atoms with Crippen LogP contribution in [0.1, 0.15) is 11.1 Å². The number of nitrogens with zero attached hydrogens (tertiary/aromatic N) is 3. The maximum absolute atomic E-state index is 5.33. The smallest absolute Gasteiger partial charge is 0.143 e. The van der Waals surface area contributed by atoms with Crippen molar-refractivity contribution in [3.8, 4) is 17.0 Å². The summed E-state index contributed by atoms with van der Waals surface area (Å²) in [5, 5.41) is 3.58. The largest absolute Gasteiger partial charge is 0.497 e. The molecular formula is C22H22N4OS. The number of methoxy groups -OCH3 is 1. The van der Waals surface area contributed by atoms with Gasteiger partial charge in [-0.2, -0.15) is 11.8 Å². The van der Waals surface area contributed by atoms with Crippen molar-refractivity contribution in [2.75, 3.05) is 18.7 Å². The van der Waals surface area contributed by atoms with Crippen molar-refractivity contribution in [1.82, 2.24) is 14.4 Å². The number of fused-ring (bicyclic) bond motifs is 1. The summed E-state index contributed by atoms with van der Waals surface area (Å²) in [7, 11) is 1.68. The van der Waals surface area contributed by atoms with Gasteiger partial charge < -0.3 is 10.1 Å². The quantitative estimate of drug-likeness (QED) is 0.483. The molecular weight excluding hydrogens is 368 g/mol. The number of hydrogen-bond acceptors (Lipinski definition) is 5. The minimum absolute atomic E-state index is 0.843. The highest BCUT2D eigenvalue weighted by Crippen LogP contribution is 2.33. The third kappa shape index (κ3) is 3.55. The summed E-state index contributed by atoms with van der Waals surface area (Å²) in [4.78, 5) is 9.18. The molecule has 1 N–H and O–H groups in total. The van der Waals surface area contributed by atoms with Gasteiger partial charge in [0, 0.05) is 35.6 Å². The number of nitrogens with one attached hydrogen (secondary N) is 1. The van der Waals surface area contributed by atoms with Crippen LogP contribution in [0.3, 0.4) is 0 Å². The van der Waals surface area contributed by atoms with Crippen molar-refractivity contribution < 1.29 is 4.74 Å². The molecule has 142 valence electrons. The predicted octanol–water partition coefficient (Wildman–Crippen LogP) is 5.32. The van der Waals surface area contributed by atoms with E-state index in [0.29, 0.717) is 0 Å². The fourth-order valence-corrected chi connectivity index (χ4v) is 3.71. The maximum atomic E-state index is 5.33. The van der Waals surface area contributed by atoms with Crippen molar-refractivity contribution in [1.29, 1.82) is 0 Å². The van der Waals surface area contributed by atoms with Gasteiger partial charge in [0.2, 0.25) is 0 Å². The summed E-state index contributed by atoms with van der Waals surface area (Å²) in [5.41, 5.74) is 6.15. The van der Waals surface area contributed by atoms with Crippen LogP contribution in [0, 0.1) is 6.92 Å². The Morgan fingerprint density at radius 1 is 1.18 bits per heavy atom. The number of pyridine rings is 2. The van der Waals surface area contributed by atoms with Crippen LogP contribution in [0.4, 0.5) is 11.5 Å². The number of hydrogen-bond donors (Lipinski definition) is 1. The SMILES string of the molecule is COc1ccc(Nc2c(-c3cccnc3)nc3cc(CSC)ccn23)c(C)c1. The first-order chi connectivity index (χ1) is 13.7. The molecule has 4 rings (SSSR count). The second-order valence-electron chi connectivity index (χ2n) is 6.55. The van der Waals surface area contributed by atoms with E-state index in [1.165, 1.54) is 5.56 Å². The van der Waals surface area contributed by atoms with Crippen molar-refractivity contribution in [2.45, 2.75) is 12.7 Å². The van der Waals surface area contributed by atoms with Crippen LogP contribution in [-0.4, -0.2) is 27.7 Å². The molecule has 5 nitrogen and oxygen atoms in total. The minimum atomic E-state index is 0.843. The number of imidazole rings is 1. The Labute approximate surface area is 168 Å². The summed E-state index contributed by atoms with van der Waals surface area (Å²) >= 11 is 1.80. The number of thioether (sulfide) groups is 1. The Bertz CT molecular complexity index is 1110. The van der Waals surface area contributed by atoms with Gasteiger partial charge in [0.05, 0.1) is 7.11 Å². The molecule has 0 radical (unpaired) electrons. The molecule has 0 spiro atoms. The second-order valence-corrected chi connectivity index (χ2v) is 7.42. The number of rotatable bonds is 6. The van der Waals surface area contributed by atoms with Crippen LogP contribution >= 0.6 is 11.8 Å². The number of aryl methyl sites for hydroxylation is 1. The van der Waals surface area contributed by atoms with Crippen LogP contribution < -0.4 is 10.1 Å². The Hall–Kier alpha value is -2.99. The van der Waals surface area contributed by atoms with E-state index in [2.05, 4.69) is 46.2 Å². The van der Waals surface area contributed by atoms with E-state index < -0.39 is 0 Å². The highest BCUT2D eigenvalue weighted by atomic mass is 32.2. The topological polar surface area (TPSA) is 51.5 Å².